The molecule has 0 heterocycles. The Morgan fingerprint density at radius 3 is 2.13 bits per heavy atom. The minimum Gasteiger partial charge on any atom is -0.381 e. The molecule has 2 unspecified atom stereocenters. The van der Waals surface area contributed by atoms with Gasteiger partial charge in [-0.1, -0.05) is 13.8 Å². The van der Waals surface area contributed by atoms with Gasteiger partial charge in [0.15, 0.2) is 6.29 Å². The molecule has 0 N–H and O–H groups in total. The first-order valence-electron chi connectivity index (χ1n) is 5.61. The van der Waals surface area contributed by atoms with Crippen molar-refractivity contribution in [2.24, 2.45) is 11.3 Å². The molecule has 0 aromatic carbocycles. The summed E-state index contributed by atoms with van der Waals surface area (Å²) in [7, 11) is 5.20. The van der Waals surface area contributed by atoms with E-state index in [-0.39, 0.29) is 6.29 Å². The minimum atomic E-state index is -0.0952. The summed E-state index contributed by atoms with van der Waals surface area (Å²) in [6.45, 7) is 4.57. The lowest BCUT2D eigenvalue weighted by Crippen LogP contribution is -2.39. The van der Waals surface area contributed by atoms with Crippen LogP contribution in [0.4, 0.5) is 0 Å². The summed E-state index contributed by atoms with van der Waals surface area (Å²) < 4.78 is 16.2. The van der Waals surface area contributed by atoms with E-state index in [1.54, 1.807) is 21.3 Å². The van der Waals surface area contributed by atoms with Crippen molar-refractivity contribution in [3.63, 3.8) is 0 Å². The predicted molar refractivity (Wildman–Crippen MR) is 59.7 cm³/mol. The van der Waals surface area contributed by atoms with E-state index in [1.807, 2.05) is 0 Å². The van der Waals surface area contributed by atoms with E-state index in [1.165, 1.54) is 0 Å². The molecule has 0 spiro atoms. The van der Waals surface area contributed by atoms with Crippen LogP contribution in [0.5, 0.6) is 0 Å². The third-order valence-electron chi connectivity index (χ3n) is 3.34. The quantitative estimate of drug-likeness (QED) is 0.676. The monoisotopic (exact) mass is 216 g/mol. The first kappa shape index (κ1) is 12.9. The van der Waals surface area contributed by atoms with Crippen LogP contribution < -0.4 is 0 Å². The summed E-state index contributed by atoms with van der Waals surface area (Å²) in [6.07, 6.45) is 3.54. The average molecular weight is 216 g/mol. The molecule has 1 rings (SSSR count). The van der Waals surface area contributed by atoms with Crippen molar-refractivity contribution in [3.8, 4) is 0 Å². The summed E-state index contributed by atoms with van der Waals surface area (Å²) in [5, 5.41) is 0. The number of methoxy groups -OCH3 is 3. The number of rotatable bonds is 4. The average Bonchev–Trinajstić information content (AvgIpc) is 2.17. The highest BCUT2D eigenvalue weighted by Crippen LogP contribution is 2.41. The topological polar surface area (TPSA) is 27.7 Å². The van der Waals surface area contributed by atoms with Gasteiger partial charge in [0.25, 0.3) is 0 Å². The zero-order chi connectivity index (χ0) is 11.5. The largest absolute Gasteiger partial charge is 0.381 e. The number of hydrogen-bond donors (Lipinski definition) is 0. The van der Waals surface area contributed by atoms with E-state index in [4.69, 9.17) is 14.2 Å². The lowest BCUT2D eigenvalue weighted by molar-refractivity contribution is -0.164. The molecule has 0 aliphatic heterocycles. The minimum absolute atomic E-state index is 0.0952. The van der Waals surface area contributed by atoms with Crippen molar-refractivity contribution in [2.75, 3.05) is 21.3 Å². The first-order chi connectivity index (χ1) is 7.02. The fraction of sp³-hybridized carbons (Fsp3) is 1.00. The SMILES string of the molecule is COC1CC(C(OC)OC)CC(C)(C)C1. The molecular formula is C12H24O3. The van der Waals surface area contributed by atoms with Crippen LogP contribution in [0.3, 0.4) is 0 Å². The van der Waals surface area contributed by atoms with Gasteiger partial charge in [0.05, 0.1) is 6.10 Å². The van der Waals surface area contributed by atoms with Crippen molar-refractivity contribution >= 4 is 0 Å². The van der Waals surface area contributed by atoms with Crippen LogP contribution in [0.2, 0.25) is 0 Å². The zero-order valence-corrected chi connectivity index (χ0v) is 10.6. The van der Waals surface area contributed by atoms with Gasteiger partial charge in [-0.2, -0.15) is 0 Å². The highest BCUT2D eigenvalue weighted by atomic mass is 16.7. The van der Waals surface area contributed by atoms with E-state index in [9.17, 15) is 0 Å². The molecule has 2 atom stereocenters. The van der Waals surface area contributed by atoms with Crippen molar-refractivity contribution in [2.45, 2.75) is 45.5 Å². The molecule has 1 fully saturated rings. The van der Waals surface area contributed by atoms with Gasteiger partial charge in [-0.3, -0.25) is 0 Å². The molecule has 15 heavy (non-hydrogen) atoms. The standard InChI is InChI=1S/C12H24O3/c1-12(2)7-9(11(14-4)15-5)6-10(8-12)13-3/h9-11H,6-8H2,1-5H3. The van der Waals surface area contributed by atoms with Gasteiger partial charge in [0.2, 0.25) is 0 Å². The zero-order valence-electron chi connectivity index (χ0n) is 10.6. The van der Waals surface area contributed by atoms with E-state index < -0.39 is 0 Å². The van der Waals surface area contributed by atoms with Crippen molar-refractivity contribution in [3.05, 3.63) is 0 Å². The van der Waals surface area contributed by atoms with Gasteiger partial charge in [0, 0.05) is 27.2 Å². The van der Waals surface area contributed by atoms with E-state index in [0.29, 0.717) is 17.4 Å². The van der Waals surface area contributed by atoms with Gasteiger partial charge < -0.3 is 14.2 Å². The Balaban J connectivity index is 2.64. The van der Waals surface area contributed by atoms with Crippen LogP contribution >= 0.6 is 0 Å². The van der Waals surface area contributed by atoms with Gasteiger partial charge in [-0.25, -0.2) is 0 Å². The normalized spacial score (nSPS) is 30.8. The maximum atomic E-state index is 5.49. The van der Waals surface area contributed by atoms with Crippen LogP contribution in [0.1, 0.15) is 33.1 Å². The highest BCUT2D eigenvalue weighted by Gasteiger charge is 2.37. The molecule has 0 saturated heterocycles. The number of ether oxygens (including phenoxy) is 3. The maximum absolute atomic E-state index is 5.49. The van der Waals surface area contributed by atoms with Crippen LogP contribution in [0.15, 0.2) is 0 Å². The van der Waals surface area contributed by atoms with Crippen LogP contribution in [0.25, 0.3) is 0 Å². The molecule has 0 aromatic rings. The van der Waals surface area contributed by atoms with Gasteiger partial charge in [-0.05, 0) is 24.7 Å². The summed E-state index contributed by atoms with van der Waals surface area (Å²) in [4.78, 5) is 0. The second kappa shape index (κ2) is 5.28. The molecule has 0 amide bonds. The fourth-order valence-electron chi connectivity index (χ4n) is 2.78. The van der Waals surface area contributed by atoms with Crippen molar-refractivity contribution < 1.29 is 14.2 Å². The Morgan fingerprint density at radius 1 is 1.07 bits per heavy atom. The molecule has 0 radical (unpaired) electrons. The lowest BCUT2D eigenvalue weighted by atomic mass is 9.70. The molecule has 1 saturated carbocycles. The Kier molecular flexibility index (Phi) is 4.56. The third-order valence-corrected chi connectivity index (χ3v) is 3.34. The van der Waals surface area contributed by atoms with Crippen LogP contribution in [0, 0.1) is 11.3 Å². The molecular weight excluding hydrogens is 192 g/mol. The Morgan fingerprint density at radius 2 is 1.67 bits per heavy atom. The number of hydrogen-bond acceptors (Lipinski definition) is 3. The Bertz CT molecular complexity index is 187. The van der Waals surface area contributed by atoms with Crippen LogP contribution in [-0.4, -0.2) is 33.7 Å². The summed E-state index contributed by atoms with van der Waals surface area (Å²) in [5.74, 6) is 0.439. The third kappa shape index (κ3) is 3.44. The second-order valence-corrected chi connectivity index (χ2v) is 5.27. The molecule has 90 valence electrons. The Hall–Kier alpha value is -0.120. The summed E-state index contributed by atoms with van der Waals surface area (Å²) >= 11 is 0. The first-order valence-corrected chi connectivity index (χ1v) is 5.61. The predicted octanol–water partition coefficient (Wildman–Crippen LogP) is 2.45. The van der Waals surface area contributed by atoms with E-state index >= 15 is 0 Å². The maximum Gasteiger partial charge on any atom is 0.159 e. The summed E-state index contributed by atoms with van der Waals surface area (Å²) in [6, 6.07) is 0. The van der Waals surface area contributed by atoms with Crippen molar-refractivity contribution in [1.29, 1.82) is 0 Å². The van der Waals surface area contributed by atoms with Gasteiger partial charge in [0.1, 0.15) is 0 Å². The Labute approximate surface area is 93.1 Å². The van der Waals surface area contributed by atoms with Crippen LogP contribution in [-0.2, 0) is 14.2 Å². The lowest BCUT2D eigenvalue weighted by Gasteiger charge is -2.41. The summed E-state index contributed by atoms with van der Waals surface area (Å²) in [5.41, 5.74) is 0.318. The van der Waals surface area contributed by atoms with E-state index in [2.05, 4.69) is 13.8 Å². The second-order valence-electron chi connectivity index (χ2n) is 5.27. The molecule has 1 aliphatic rings. The molecule has 3 nitrogen and oxygen atoms in total. The molecule has 0 aromatic heterocycles. The van der Waals surface area contributed by atoms with Crippen molar-refractivity contribution in [1.82, 2.24) is 0 Å². The van der Waals surface area contributed by atoms with Gasteiger partial charge in [-0.15, -0.1) is 0 Å². The fourth-order valence-corrected chi connectivity index (χ4v) is 2.78. The molecule has 1 aliphatic carbocycles. The van der Waals surface area contributed by atoms with Gasteiger partial charge >= 0.3 is 0 Å². The van der Waals surface area contributed by atoms with E-state index in [0.717, 1.165) is 19.3 Å². The molecule has 3 heteroatoms. The smallest absolute Gasteiger partial charge is 0.159 e. The highest BCUT2D eigenvalue weighted by molar-refractivity contribution is 4.86. The molecule has 0 bridgehead atoms.